The lowest BCUT2D eigenvalue weighted by molar-refractivity contribution is 0.00545. The molecule has 2 aliphatic heterocycles. The second-order valence-corrected chi connectivity index (χ2v) is 9.63. The number of nitrogens with zero attached hydrogens (tertiary/aromatic N) is 4. The van der Waals surface area contributed by atoms with Crippen molar-refractivity contribution in [3.63, 3.8) is 0 Å². The van der Waals surface area contributed by atoms with Gasteiger partial charge in [0.2, 0.25) is 0 Å². The van der Waals surface area contributed by atoms with Gasteiger partial charge in [0, 0.05) is 44.1 Å². The maximum atomic E-state index is 12.7. The van der Waals surface area contributed by atoms with Crippen LogP contribution in [-0.2, 0) is 11.3 Å². The lowest BCUT2D eigenvalue weighted by Crippen LogP contribution is -2.54. The molecule has 2 bridgehead atoms. The topological polar surface area (TPSA) is 83.8 Å². The quantitative estimate of drug-likeness (QED) is 0.331. The normalized spacial score (nSPS) is 22.5. The van der Waals surface area contributed by atoms with Crippen molar-refractivity contribution in [1.29, 1.82) is 0 Å². The predicted octanol–water partition coefficient (Wildman–Crippen LogP) is 4.09. The highest BCUT2D eigenvalue weighted by Gasteiger charge is 2.45. The number of hydrogen-bond acceptors (Lipinski definition) is 4. The van der Waals surface area contributed by atoms with Crippen molar-refractivity contribution in [3.8, 4) is 5.69 Å². The number of hydrogen-bond donors (Lipinski definition) is 2. The van der Waals surface area contributed by atoms with E-state index in [1.54, 1.807) is 13.2 Å². The summed E-state index contributed by atoms with van der Waals surface area (Å²) in [4.78, 5) is 19.1. The Morgan fingerprint density at radius 1 is 1.21 bits per heavy atom. The fraction of sp³-hybridized carbons (Fsp3) is 0.542. The molecule has 180 valence electrons. The summed E-state index contributed by atoms with van der Waals surface area (Å²) < 4.78 is 7.50. The molecule has 2 unspecified atom stereocenters. The van der Waals surface area contributed by atoms with Gasteiger partial charge in [-0.05, 0) is 70.2 Å². The highest BCUT2D eigenvalue weighted by atomic mass is 127. The Morgan fingerprint density at radius 3 is 2.55 bits per heavy atom. The number of nitrogens with one attached hydrogen (secondary N) is 2. The van der Waals surface area contributed by atoms with Gasteiger partial charge in [-0.15, -0.1) is 24.0 Å². The van der Waals surface area contributed by atoms with Gasteiger partial charge >= 0.3 is 6.09 Å². The third-order valence-electron chi connectivity index (χ3n) is 6.04. The third-order valence-corrected chi connectivity index (χ3v) is 6.04. The van der Waals surface area contributed by atoms with Gasteiger partial charge in [-0.25, -0.2) is 9.48 Å². The molecule has 0 saturated carbocycles. The number of rotatable bonds is 4. The van der Waals surface area contributed by atoms with Crippen molar-refractivity contribution >= 4 is 36.0 Å². The molecule has 2 fully saturated rings. The summed E-state index contributed by atoms with van der Waals surface area (Å²) in [6.45, 7) is 6.42. The van der Waals surface area contributed by atoms with Crippen LogP contribution in [0.15, 0.2) is 47.7 Å². The fourth-order valence-corrected chi connectivity index (χ4v) is 4.71. The van der Waals surface area contributed by atoms with Gasteiger partial charge in [0.25, 0.3) is 0 Å². The number of piperidine rings is 1. The van der Waals surface area contributed by atoms with Crippen LogP contribution in [0.5, 0.6) is 0 Å². The van der Waals surface area contributed by atoms with E-state index in [0.29, 0.717) is 6.54 Å². The van der Waals surface area contributed by atoms with Crippen molar-refractivity contribution in [2.75, 3.05) is 7.05 Å². The van der Waals surface area contributed by atoms with Crippen LogP contribution in [0.1, 0.15) is 52.0 Å². The number of amides is 1. The standard InChI is InChI=1S/C24H34N6O2.HI/c1-24(2,3)32-23(31)30-20-9-10-21(30)15-18(14-20)28-22(25-4)26-16-17-7-5-8-19(13-17)29-12-6-11-27-29;/h5-8,11-13,18,20-21H,9-10,14-16H2,1-4H3,(H2,25,26,28);1H. The van der Waals surface area contributed by atoms with Crippen molar-refractivity contribution < 1.29 is 9.53 Å². The van der Waals surface area contributed by atoms with Crippen molar-refractivity contribution in [1.82, 2.24) is 25.3 Å². The summed E-state index contributed by atoms with van der Waals surface area (Å²) >= 11 is 0. The third kappa shape index (κ3) is 6.39. The SMILES string of the molecule is CN=C(NCc1cccc(-n2cccn2)c1)NC1CC2CCC(C1)N2C(=O)OC(C)(C)C.I. The van der Waals surface area contributed by atoms with Crippen LogP contribution < -0.4 is 10.6 Å². The Labute approximate surface area is 213 Å². The number of aliphatic imine (C=N–C) groups is 1. The molecule has 2 aliphatic rings. The first kappa shape index (κ1) is 25.3. The number of fused-ring (bicyclic) bond motifs is 2. The van der Waals surface area contributed by atoms with Gasteiger partial charge in [0.15, 0.2) is 5.96 Å². The van der Waals surface area contributed by atoms with Gasteiger partial charge in [-0.2, -0.15) is 5.10 Å². The van der Waals surface area contributed by atoms with Crippen LogP contribution >= 0.6 is 24.0 Å². The average Bonchev–Trinajstić information content (AvgIpc) is 3.37. The van der Waals surface area contributed by atoms with E-state index in [1.807, 2.05) is 54.7 Å². The Hall–Kier alpha value is -2.30. The number of carbonyl (C=O) groups is 1. The number of ether oxygens (including phenoxy) is 1. The molecule has 3 heterocycles. The van der Waals surface area contributed by atoms with Gasteiger partial charge < -0.3 is 20.3 Å². The maximum Gasteiger partial charge on any atom is 0.410 e. The Kier molecular flexibility index (Phi) is 8.25. The second kappa shape index (κ2) is 10.8. The lowest BCUT2D eigenvalue weighted by Gasteiger charge is -2.40. The van der Waals surface area contributed by atoms with Crippen LogP contribution in [-0.4, -0.2) is 57.5 Å². The molecule has 0 radical (unpaired) electrons. The smallest absolute Gasteiger partial charge is 0.410 e. The second-order valence-electron chi connectivity index (χ2n) is 9.63. The first-order valence-corrected chi connectivity index (χ1v) is 11.4. The number of guanidine groups is 1. The first-order valence-electron chi connectivity index (χ1n) is 11.4. The van der Waals surface area contributed by atoms with Crippen molar-refractivity contribution in [2.24, 2.45) is 4.99 Å². The van der Waals surface area contributed by atoms with E-state index in [2.05, 4.69) is 32.9 Å². The minimum absolute atomic E-state index is 0. The molecule has 0 aliphatic carbocycles. The largest absolute Gasteiger partial charge is 0.444 e. The molecular formula is C24H35IN6O2. The zero-order chi connectivity index (χ0) is 22.7. The van der Waals surface area contributed by atoms with E-state index in [4.69, 9.17) is 4.74 Å². The molecule has 1 aromatic carbocycles. The van der Waals surface area contributed by atoms with Gasteiger partial charge in [0.1, 0.15) is 5.60 Å². The molecule has 2 aromatic rings. The monoisotopic (exact) mass is 566 g/mol. The maximum absolute atomic E-state index is 12.7. The summed E-state index contributed by atoms with van der Waals surface area (Å²) in [7, 11) is 1.79. The molecule has 2 saturated heterocycles. The summed E-state index contributed by atoms with van der Waals surface area (Å²) in [5, 5.41) is 11.3. The van der Waals surface area contributed by atoms with E-state index in [9.17, 15) is 4.79 Å². The first-order chi connectivity index (χ1) is 15.3. The van der Waals surface area contributed by atoms with Crippen LogP contribution in [0.3, 0.4) is 0 Å². The molecule has 1 amide bonds. The fourth-order valence-electron chi connectivity index (χ4n) is 4.71. The lowest BCUT2D eigenvalue weighted by atomic mass is 9.98. The molecular weight excluding hydrogens is 531 g/mol. The van der Waals surface area contributed by atoms with Crippen LogP contribution in [0.2, 0.25) is 0 Å². The zero-order valence-electron chi connectivity index (χ0n) is 19.8. The minimum Gasteiger partial charge on any atom is -0.444 e. The van der Waals surface area contributed by atoms with Crippen molar-refractivity contribution in [3.05, 3.63) is 48.3 Å². The van der Waals surface area contributed by atoms with E-state index in [-0.39, 0.29) is 48.2 Å². The Bertz CT molecular complexity index is 942. The molecule has 1 aromatic heterocycles. The average molecular weight is 566 g/mol. The van der Waals surface area contributed by atoms with E-state index < -0.39 is 5.60 Å². The zero-order valence-corrected chi connectivity index (χ0v) is 22.2. The van der Waals surface area contributed by atoms with E-state index >= 15 is 0 Å². The number of benzene rings is 1. The number of halogens is 1. The summed E-state index contributed by atoms with van der Waals surface area (Å²) in [6.07, 6.45) is 7.42. The van der Waals surface area contributed by atoms with Crippen LogP contribution in [0, 0.1) is 0 Å². The molecule has 33 heavy (non-hydrogen) atoms. The molecule has 9 heteroatoms. The number of aromatic nitrogens is 2. The van der Waals surface area contributed by atoms with Crippen LogP contribution in [0.4, 0.5) is 4.79 Å². The Balaban J connectivity index is 0.00000306. The summed E-state index contributed by atoms with van der Waals surface area (Å²) in [5.74, 6) is 0.782. The molecule has 8 nitrogen and oxygen atoms in total. The van der Waals surface area contributed by atoms with Gasteiger partial charge in [-0.1, -0.05) is 12.1 Å². The van der Waals surface area contributed by atoms with Crippen LogP contribution in [0.25, 0.3) is 5.69 Å². The van der Waals surface area contributed by atoms with Gasteiger partial charge in [0.05, 0.1) is 5.69 Å². The highest BCUT2D eigenvalue weighted by Crippen LogP contribution is 2.36. The molecule has 4 rings (SSSR count). The van der Waals surface area contributed by atoms with Gasteiger partial charge in [-0.3, -0.25) is 4.99 Å². The predicted molar refractivity (Wildman–Crippen MR) is 140 cm³/mol. The molecule has 0 spiro atoms. The van der Waals surface area contributed by atoms with E-state index in [1.165, 1.54) is 0 Å². The minimum atomic E-state index is -0.466. The summed E-state index contributed by atoms with van der Waals surface area (Å²) in [5.41, 5.74) is 1.72. The highest BCUT2D eigenvalue weighted by molar-refractivity contribution is 14.0. The molecule has 2 N–H and O–H groups in total. The summed E-state index contributed by atoms with van der Waals surface area (Å²) in [6, 6.07) is 10.9. The molecule has 2 atom stereocenters. The van der Waals surface area contributed by atoms with E-state index in [0.717, 1.165) is 42.9 Å². The number of carbonyl (C=O) groups excluding carboxylic acids is 1. The van der Waals surface area contributed by atoms with Crippen molar-refractivity contribution in [2.45, 2.75) is 76.7 Å². The Morgan fingerprint density at radius 2 is 1.94 bits per heavy atom.